The molecule has 4 heteroatoms. The first-order chi connectivity index (χ1) is 4.61. The van der Waals surface area contributed by atoms with Gasteiger partial charge in [0.15, 0.2) is 0 Å². The van der Waals surface area contributed by atoms with Crippen molar-refractivity contribution in [3.8, 4) is 0 Å². The van der Waals surface area contributed by atoms with Gasteiger partial charge in [0.1, 0.15) is 0 Å². The van der Waals surface area contributed by atoms with Crippen LogP contribution in [0.15, 0.2) is 16.6 Å². The van der Waals surface area contributed by atoms with Crippen molar-refractivity contribution in [1.82, 2.24) is 0 Å². The van der Waals surface area contributed by atoms with E-state index >= 15 is 0 Å². The molecule has 3 nitrogen and oxygen atoms in total. The first-order valence-corrected chi connectivity index (χ1v) is 3.50. The number of anilines is 3. The fourth-order valence-corrected chi connectivity index (χ4v) is 1.15. The fraction of sp³-hybridized carbons (Fsp3) is 0. The highest BCUT2D eigenvalue weighted by Gasteiger charge is 1.99. The molecular formula is C6H8BrN3. The molecule has 1 rings (SSSR count). The van der Waals surface area contributed by atoms with Gasteiger partial charge in [-0.1, -0.05) is 0 Å². The van der Waals surface area contributed by atoms with Gasteiger partial charge in [0, 0.05) is 10.2 Å². The van der Waals surface area contributed by atoms with Crippen LogP contribution in [-0.4, -0.2) is 0 Å². The molecule has 0 fully saturated rings. The molecule has 0 radical (unpaired) electrons. The summed E-state index contributed by atoms with van der Waals surface area (Å²) in [7, 11) is 0. The number of nitrogens with two attached hydrogens (primary N) is 3. The van der Waals surface area contributed by atoms with Gasteiger partial charge in [-0.15, -0.1) is 0 Å². The Bertz CT molecular complexity index is 236. The van der Waals surface area contributed by atoms with E-state index in [1.807, 2.05) is 0 Å². The highest BCUT2D eigenvalue weighted by molar-refractivity contribution is 9.10. The Labute approximate surface area is 67.3 Å². The first kappa shape index (κ1) is 7.21. The standard InChI is InChI=1S/C6H8BrN3/c7-4-1-3(8)2-5(9)6(4)10/h1-2H,8-10H2. The molecule has 0 saturated carbocycles. The second-order valence-electron chi connectivity index (χ2n) is 2.01. The minimum atomic E-state index is 0.506. The lowest BCUT2D eigenvalue weighted by Gasteiger charge is -2.02. The Balaban J connectivity index is 3.31. The summed E-state index contributed by atoms with van der Waals surface area (Å²) in [5.41, 5.74) is 18.1. The maximum atomic E-state index is 5.52. The van der Waals surface area contributed by atoms with Gasteiger partial charge in [-0.25, -0.2) is 0 Å². The smallest absolute Gasteiger partial charge is 0.0693 e. The maximum absolute atomic E-state index is 5.52. The summed E-state index contributed by atoms with van der Waals surface area (Å²) in [6.07, 6.45) is 0. The van der Waals surface area contributed by atoms with Crippen molar-refractivity contribution in [2.45, 2.75) is 0 Å². The van der Waals surface area contributed by atoms with Crippen LogP contribution >= 0.6 is 15.9 Å². The largest absolute Gasteiger partial charge is 0.399 e. The molecule has 0 aliphatic rings. The van der Waals surface area contributed by atoms with E-state index in [-0.39, 0.29) is 0 Å². The molecule has 54 valence electrons. The van der Waals surface area contributed by atoms with Crippen molar-refractivity contribution in [1.29, 1.82) is 0 Å². The number of benzene rings is 1. The Hall–Kier alpha value is -0.900. The van der Waals surface area contributed by atoms with Crippen LogP contribution in [0.3, 0.4) is 0 Å². The van der Waals surface area contributed by atoms with Gasteiger partial charge in [0.2, 0.25) is 0 Å². The molecule has 6 N–H and O–H groups in total. The van der Waals surface area contributed by atoms with Gasteiger partial charge in [-0.3, -0.25) is 0 Å². The molecule has 0 saturated heterocycles. The van der Waals surface area contributed by atoms with E-state index < -0.39 is 0 Å². The third kappa shape index (κ3) is 1.16. The molecular weight excluding hydrogens is 194 g/mol. The Morgan fingerprint density at radius 3 is 2.20 bits per heavy atom. The van der Waals surface area contributed by atoms with Crippen molar-refractivity contribution < 1.29 is 0 Å². The molecule has 1 aromatic rings. The molecule has 0 bridgehead atoms. The Morgan fingerprint density at radius 1 is 1.10 bits per heavy atom. The van der Waals surface area contributed by atoms with Crippen LogP contribution in [0.4, 0.5) is 17.1 Å². The van der Waals surface area contributed by atoms with Gasteiger partial charge in [-0.2, -0.15) is 0 Å². The monoisotopic (exact) mass is 201 g/mol. The maximum Gasteiger partial charge on any atom is 0.0693 e. The van der Waals surface area contributed by atoms with E-state index in [9.17, 15) is 0 Å². The fourth-order valence-electron chi connectivity index (χ4n) is 0.661. The van der Waals surface area contributed by atoms with E-state index in [0.29, 0.717) is 17.1 Å². The van der Waals surface area contributed by atoms with Crippen LogP contribution < -0.4 is 17.2 Å². The van der Waals surface area contributed by atoms with Gasteiger partial charge in [0.25, 0.3) is 0 Å². The van der Waals surface area contributed by atoms with Crippen LogP contribution in [0.2, 0.25) is 0 Å². The SMILES string of the molecule is Nc1cc(N)c(N)c(Br)c1. The van der Waals surface area contributed by atoms with Crippen molar-refractivity contribution in [2.75, 3.05) is 17.2 Å². The number of hydrogen-bond donors (Lipinski definition) is 3. The Morgan fingerprint density at radius 2 is 1.70 bits per heavy atom. The summed E-state index contributed by atoms with van der Waals surface area (Å²) in [5, 5.41) is 0. The van der Waals surface area contributed by atoms with Crippen LogP contribution in [-0.2, 0) is 0 Å². The summed E-state index contributed by atoms with van der Waals surface area (Å²) in [5.74, 6) is 0. The highest BCUT2D eigenvalue weighted by atomic mass is 79.9. The van der Waals surface area contributed by atoms with Gasteiger partial charge in [-0.05, 0) is 28.1 Å². The zero-order valence-electron chi connectivity index (χ0n) is 5.26. The van der Waals surface area contributed by atoms with Gasteiger partial charge in [0.05, 0.1) is 11.4 Å². The predicted molar refractivity (Wildman–Crippen MR) is 47.4 cm³/mol. The topological polar surface area (TPSA) is 78.1 Å². The molecule has 0 aliphatic heterocycles. The van der Waals surface area contributed by atoms with Crippen molar-refractivity contribution >= 4 is 33.0 Å². The highest BCUT2D eigenvalue weighted by Crippen LogP contribution is 2.27. The lowest BCUT2D eigenvalue weighted by atomic mass is 10.2. The van der Waals surface area contributed by atoms with E-state index in [0.717, 1.165) is 4.47 Å². The zero-order valence-corrected chi connectivity index (χ0v) is 6.85. The molecule has 0 heterocycles. The number of nitrogen functional groups attached to an aromatic ring is 3. The Kier molecular flexibility index (Phi) is 1.72. The van der Waals surface area contributed by atoms with E-state index in [4.69, 9.17) is 17.2 Å². The van der Waals surface area contributed by atoms with Gasteiger partial charge >= 0.3 is 0 Å². The molecule has 0 spiro atoms. The lowest BCUT2D eigenvalue weighted by molar-refractivity contribution is 1.61. The summed E-state index contributed by atoms with van der Waals surface area (Å²) in [4.78, 5) is 0. The van der Waals surface area contributed by atoms with Crippen LogP contribution in [0.5, 0.6) is 0 Å². The van der Waals surface area contributed by atoms with Crippen LogP contribution in [0, 0.1) is 0 Å². The molecule has 0 atom stereocenters. The number of rotatable bonds is 0. The summed E-state index contributed by atoms with van der Waals surface area (Å²) in [6, 6.07) is 3.34. The third-order valence-corrected chi connectivity index (χ3v) is 1.84. The second-order valence-corrected chi connectivity index (χ2v) is 2.86. The minimum absolute atomic E-state index is 0.506. The molecule has 1 aromatic carbocycles. The van der Waals surface area contributed by atoms with Crippen LogP contribution in [0.1, 0.15) is 0 Å². The third-order valence-electron chi connectivity index (χ3n) is 1.18. The summed E-state index contributed by atoms with van der Waals surface area (Å²) >= 11 is 3.21. The number of halogens is 1. The quantitative estimate of drug-likeness (QED) is 0.553. The molecule has 0 aromatic heterocycles. The van der Waals surface area contributed by atoms with Gasteiger partial charge < -0.3 is 17.2 Å². The molecule has 0 amide bonds. The normalized spacial score (nSPS) is 9.70. The van der Waals surface area contributed by atoms with Crippen LogP contribution in [0.25, 0.3) is 0 Å². The number of hydrogen-bond acceptors (Lipinski definition) is 3. The molecule has 0 unspecified atom stereocenters. The zero-order chi connectivity index (χ0) is 7.72. The second kappa shape index (κ2) is 2.38. The molecule has 10 heavy (non-hydrogen) atoms. The van der Waals surface area contributed by atoms with E-state index in [2.05, 4.69) is 15.9 Å². The average Bonchev–Trinajstić information content (AvgIpc) is 1.82. The average molecular weight is 202 g/mol. The lowest BCUT2D eigenvalue weighted by Crippen LogP contribution is -1.97. The van der Waals surface area contributed by atoms with Crippen molar-refractivity contribution in [3.05, 3.63) is 16.6 Å². The summed E-state index contributed by atoms with van der Waals surface area (Å²) < 4.78 is 0.741. The minimum Gasteiger partial charge on any atom is -0.399 e. The van der Waals surface area contributed by atoms with Crippen molar-refractivity contribution in [2.24, 2.45) is 0 Å². The summed E-state index contributed by atoms with van der Waals surface area (Å²) in [6.45, 7) is 0. The van der Waals surface area contributed by atoms with E-state index in [1.54, 1.807) is 12.1 Å². The predicted octanol–water partition coefficient (Wildman–Crippen LogP) is 1.20. The van der Waals surface area contributed by atoms with E-state index in [1.165, 1.54) is 0 Å². The van der Waals surface area contributed by atoms with Crippen molar-refractivity contribution in [3.63, 3.8) is 0 Å². The first-order valence-electron chi connectivity index (χ1n) is 2.71. The molecule has 0 aliphatic carbocycles.